The van der Waals surface area contributed by atoms with E-state index >= 15 is 0 Å². The minimum atomic E-state index is -0.660. The van der Waals surface area contributed by atoms with Crippen molar-refractivity contribution >= 4 is 50.8 Å². The van der Waals surface area contributed by atoms with E-state index in [9.17, 15) is 14.7 Å². The molecular weight excluding hydrogens is 472 g/mol. The first kappa shape index (κ1) is 22.4. The lowest BCUT2D eigenvalue weighted by Gasteiger charge is -2.20. The number of nitrogens with one attached hydrogen (secondary N) is 1. The summed E-state index contributed by atoms with van der Waals surface area (Å²) in [5.41, 5.74) is 0.701. The van der Waals surface area contributed by atoms with Crippen molar-refractivity contribution in [2.24, 2.45) is 10.1 Å². The van der Waals surface area contributed by atoms with E-state index in [1.165, 1.54) is 47.3 Å². The van der Waals surface area contributed by atoms with Crippen LogP contribution < -0.4 is 14.9 Å². The van der Waals surface area contributed by atoms with Crippen LogP contribution in [0.3, 0.4) is 0 Å². The molecule has 0 fully saturated rings. The third kappa shape index (κ3) is 4.06. The van der Waals surface area contributed by atoms with E-state index in [1.54, 1.807) is 20.3 Å². The number of ether oxygens (including phenoxy) is 2. The molecule has 2 aromatic carbocycles. The average Bonchev–Trinajstić information content (AvgIpc) is 3.25. The Labute approximate surface area is 202 Å². The van der Waals surface area contributed by atoms with Gasteiger partial charge in [0.25, 0.3) is 5.91 Å². The number of carbonyl (C=O) groups excluding carboxylic acids is 1. The zero-order chi connectivity index (χ0) is 24.7. The Balaban J connectivity index is 1.44. The summed E-state index contributed by atoms with van der Waals surface area (Å²) < 4.78 is 16.1. The second kappa shape index (κ2) is 8.76. The van der Waals surface area contributed by atoms with Gasteiger partial charge in [0.1, 0.15) is 22.6 Å². The molecule has 0 aliphatic carbocycles. The number of benzene rings is 2. The summed E-state index contributed by atoms with van der Waals surface area (Å²) in [7, 11) is 3.11. The minimum absolute atomic E-state index is 0.0521. The molecule has 0 atom stereocenters. The third-order valence-corrected chi connectivity index (χ3v) is 6.29. The van der Waals surface area contributed by atoms with Crippen LogP contribution >= 0.6 is 11.8 Å². The van der Waals surface area contributed by atoms with Gasteiger partial charge in [0.05, 0.1) is 30.7 Å². The van der Waals surface area contributed by atoms with Crippen molar-refractivity contribution in [2.75, 3.05) is 14.2 Å². The molecule has 0 spiro atoms. The molecule has 1 aromatic heterocycles. The summed E-state index contributed by atoms with van der Waals surface area (Å²) in [6.07, 6.45) is 2.89. The smallest absolute Gasteiger partial charge is 0.283 e. The highest BCUT2D eigenvalue weighted by atomic mass is 32.2. The van der Waals surface area contributed by atoms with Gasteiger partial charge < -0.3 is 19.0 Å². The summed E-state index contributed by atoms with van der Waals surface area (Å²) >= 11 is 1.19. The van der Waals surface area contributed by atoms with Gasteiger partial charge in [0, 0.05) is 6.42 Å². The van der Waals surface area contributed by atoms with Crippen LogP contribution in [0.25, 0.3) is 17.0 Å². The molecule has 2 aliphatic heterocycles. The third-order valence-electron chi connectivity index (χ3n) is 5.38. The highest BCUT2D eigenvalue weighted by Gasteiger charge is 2.35. The number of fused-ring (bicyclic) bond motifs is 2. The number of amides is 1. The van der Waals surface area contributed by atoms with Crippen molar-refractivity contribution in [3.63, 3.8) is 0 Å². The van der Waals surface area contributed by atoms with Gasteiger partial charge in [0.2, 0.25) is 5.17 Å². The molecule has 5 rings (SSSR count). The summed E-state index contributed by atoms with van der Waals surface area (Å²) in [5, 5.41) is 25.0. The number of hydrogen-bond acceptors (Lipinski definition) is 9. The summed E-state index contributed by atoms with van der Waals surface area (Å²) in [6, 6.07) is 9.67. The molecule has 0 unspecified atom stereocenters. The Hall–Kier alpha value is -4.38. The standard InChI is InChI=1S/C24H18N4O6S/c1-32-18-5-3-12(7-19(18)33-2)8-20-27-28-22(25)16(23(31)26-24(28)35-20)9-13-11-34-17-6-4-14(29)10-15(17)21(13)30/h3-7,9-11,25,29H,8H2,1-2H3. The second-order valence-corrected chi connectivity index (χ2v) is 8.62. The van der Waals surface area contributed by atoms with Gasteiger partial charge in [-0.25, -0.2) is 0 Å². The first-order valence-electron chi connectivity index (χ1n) is 10.3. The largest absolute Gasteiger partial charge is 0.508 e. The highest BCUT2D eigenvalue weighted by Crippen LogP contribution is 2.32. The molecule has 0 saturated heterocycles. The van der Waals surface area contributed by atoms with Crippen molar-refractivity contribution < 1.29 is 23.8 Å². The van der Waals surface area contributed by atoms with Gasteiger partial charge in [-0.2, -0.15) is 15.1 Å². The van der Waals surface area contributed by atoms with Gasteiger partial charge in [-0.05, 0) is 53.7 Å². The molecule has 10 nitrogen and oxygen atoms in total. The van der Waals surface area contributed by atoms with E-state index in [1.807, 2.05) is 12.1 Å². The molecule has 3 heterocycles. The monoisotopic (exact) mass is 490 g/mol. The van der Waals surface area contributed by atoms with Gasteiger partial charge in [0.15, 0.2) is 22.8 Å². The molecule has 1 amide bonds. The van der Waals surface area contributed by atoms with Crippen molar-refractivity contribution in [2.45, 2.75) is 6.42 Å². The van der Waals surface area contributed by atoms with Gasteiger partial charge in [-0.15, -0.1) is 0 Å². The second-order valence-electron chi connectivity index (χ2n) is 7.58. The van der Waals surface area contributed by atoms with E-state index in [0.29, 0.717) is 28.5 Å². The number of aliphatic imine (C=N–C) groups is 1. The van der Waals surface area contributed by atoms with Crippen molar-refractivity contribution in [3.8, 4) is 17.2 Å². The Morgan fingerprint density at radius 3 is 2.71 bits per heavy atom. The van der Waals surface area contributed by atoms with Crippen molar-refractivity contribution in [1.82, 2.24) is 5.01 Å². The average molecular weight is 490 g/mol. The van der Waals surface area contributed by atoms with Gasteiger partial charge in [-0.1, -0.05) is 6.07 Å². The number of hydrazone groups is 1. The van der Waals surface area contributed by atoms with E-state index in [2.05, 4.69) is 10.1 Å². The van der Waals surface area contributed by atoms with Gasteiger partial charge >= 0.3 is 0 Å². The van der Waals surface area contributed by atoms with E-state index in [4.69, 9.17) is 19.3 Å². The quantitative estimate of drug-likeness (QED) is 0.519. The number of carbonyl (C=O) groups is 1. The molecule has 0 saturated carbocycles. The molecule has 35 heavy (non-hydrogen) atoms. The lowest BCUT2D eigenvalue weighted by Crippen LogP contribution is -2.35. The normalized spacial score (nSPS) is 16.4. The molecule has 0 radical (unpaired) electrons. The van der Waals surface area contributed by atoms with E-state index in [0.717, 1.165) is 5.56 Å². The number of amidine groups is 2. The maximum absolute atomic E-state index is 12.9. The van der Waals surface area contributed by atoms with Crippen LogP contribution in [0.2, 0.25) is 0 Å². The lowest BCUT2D eigenvalue weighted by atomic mass is 10.1. The fraction of sp³-hybridized carbons (Fsp3) is 0.125. The molecule has 2 N–H and O–H groups in total. The number of aromatic hydroxyl groups is 1. The highest BCUT2D eigenvalue weighted by molar-refractivity contribution is 8.26. The summed E-state index contributed by atoms with van der Waals surface area (Å²) in [5.74, 6) is 0.238. The number of nitrogens with zero attached hydrogens (tertiary/aromatic N) is 3. The maximum Gasteiger partial charge on any atom is 0.283 e. The van der Waals surface area contributed by atoms with Crippen LogP contribution in [0.5, 0.6) is 17.2 Å². The summed E-state index contributed by atoms with van der Waals surface area (Å²) in [6.45, 7) is 0. The van der Waals surface area contributed by atoms with Crippen LogP contribution in [0.4, 0.5) is 0 Å². The molecule has 2 aliphatic rings. The van der Waals surface area contributed by atoms with Crippen LogP contribution in [0.1, 0.15) is 11.1 Å². The van der Waals surface area contributed by atoms with Crippen molar-refractivity contribution in [3.05, 3.63) is 69.6 Å². The minimum Gasteiger partial charge on any atom is -0.508 e. The fourth-order valence-electron chi connectivity index (χ4n) is 3.66. The predicted molar refractivity (Wildman–Crippen MR) is 132 cm³/mol. The maximum atomic E-state index is 12.9. The Morgan fingerprint density at radius 1 is 1.14 bits per heavy atom. The number of phenols is 1. The fourth-order valence-corrected chi connectivity index (χ4v) is 4.58. The summed E-state index contributed by atoms with van der Waals surface area (Å²) in [4.78, 5) is 29.6. The topological polar surface area (TPSA) is 138 Å². The zero-order valence-electron chi connectivity index (χ0n) is 18.6. The number of thioether (sulfide) groups is 1. The van der Waals surface area contributed by atoms with E-state index < -0.39 is 11.3 Å². The van der Waals surface area contributed by atoms with Crippen LogP contribution in [-0.2, 0) is 11.2 Å². The molecule has 176 valence electrons. The first-order valence-corrected chi connectivity index (χ1v) is 11.1. The number of rotatable bonds is 5. The van der Waals surface area contributed by atoms with Gasteiger partial charge in [-0.3, -0.25) is 15.0 Å². The Morgan fingerprint density at radius 2 is 1.94 bits per heavy atom. The van der Waals surface area contributed by atoms with E-state index in [-0.39, 0.29) is 33.3 Å². The Bertz CT molecular complexity index is 1560. The van der Waals surface area contributed by atoms with Crippen LogP contribution in [-0.4, -0.2) is 46.3 Å². The van der Waals surface area contributed by atoms with Crippen LogP contribution in [0, 0.1) is 5.41 Å². The number of methoxy groups -OCH3 is 2. The molecule has 0 bridgehead atoms. The zero-order valence-corrected chi connectivity index (χ0v) is 19.4. The Kier molecular flexibility index (Phi) is 5.61. The van der Waals surface area contributed by atoms with Crippen LogP contribution in [0.15, 0.2) is 67.5 Å². The number of phenolic OH excluding ortho intramolecular Hbond substituents is 1. The predicted octanol–water partition coefficient (Wildman–Crippen LogP) is 3.38. The SMILES string of the molecule is COc1ccc(CC2=NN3C(=N)C(=Cc4coc5ccc(O)cc5c4=O)C(=O)N=C3S2)cc1OC. The van der Waals surface area contributed by atoms with Crippen molar-refractivity contribution in [1.29, 1.82) is 5.41 Å². The molecule has 3 aromatic rings. The molecular formula is C24H18N4O6S. The first-order chi connectivity index (χ1) is 16.9. The lowest BCUT2D eigenvalue weighted by molar-refractivity contribution is -0.114. The number of hydrogen-bond donors (Lipinski definition) is 2. The molecule has 11 heteroatoms.